The maximum atomic E-state index is 12.8. The number of para-hydroxylation sites is 1. The van der Waals surface area contributed by atoms with Crippen LogP contribution in [0.4, 0.5) is 5.69 Å². The lowest BCUT2D eigenvalue weighted by atomic mass is 10.1. The Morgan fingerprint density at radius 2 is 1.68 bits per heavy atom. The molecule has 2 aromatic rings. The van der Waals surface area contributed by atoms with Crippen molar-refractivity contribution in [3.8, 4) is 0 Å². The highest BCUT2D eigenvalue weighted by molar-refractivity contribution is 6.04. The third-order valence-corrected chi connectivity index (χ3v) is 4.66. The van der Waals surface area contributed by atoms with Gasteiger partial charge in [0.2, 0.25) is 0 Å². The summed E-state index contributed by atoms with van der Waals surface area (Å²) >= 11 is 0. The summed E-state index contributed by atoms with van der Waals surface area (Å²) in [5.74, 6) is -0.405. The van der Waals surface area contributed by atoms with E-state index in [4.69, 9.17) is 4.84 Å². The summed E-state index contributed by atoms with van der Waals surface area (Å²) in [5.41, 5.74) is 2.62. The minimum atomic E-state index is -0.358. The number of amides is 2. The Bertz CT molecular complexity index is 843. The molecule has 1 saturated heterocycles. The van der Waals surface area contributed by atoms with E-state index in [9.17, 15) is 9.59 Å². The normalized spacial score (nSPS) is 14.5. The molecule has 0 saturated carbocycles. The molecule has 3 rings (SSSR count). The van der Waals surface area contributed by atoms with Crippen molar-refractivity contribution in [3.05, 3.63) is 65.7 Å². The molecule has 6 heteroatoms. The maximum Gasteiger partial charge on any atom is 0.265 e. The van der Waals surface area contributed by atoms with E-state index in [0.717, 1.165) is 37.9 Å². The van der Waals surface area contributed by atoms with Gasteiger partial charge in [0.05, 0.1) is 17.0 Å². The Balaban J connectivity index is 1.59. The lowest BCUT2D eigenvalue weighted by Gasteiger charge is -2.27. The van der Waals surface area contributed by atoms with Crippen molar-refractivity contribution in [2.75, 3.05) is 25.0 Å². The number of carbonyl (C=O) groups excluding carboxylic acids is 2. The second-order valence-corrected chi connectivity index (χ2v) is 6.76. The molecule has 1 N–H and O–H groups in total. The van der Waals surface area contributed by atoms with Crippen LogP contribution in [0, 0.1) is 0 Å². The number of hydrogen-bond donors (Lipinski definition) is 1. The highest BCUT2D eigenvalue weighted by Crippen LogP contribution is 2.20. The number of carbonyl (C=O) groups is 2. The molecule has 1 aliphatic rings. The van der Waals surface area contributed by atoms with E-state index >= 15 is 0 Å². The first-order valence-electron chi connectivity index (χ1n) is 9.55. The molecule has 0 atom stereocenters. The number of benzene rings is 2. The van der Waals surface area contributed by atoms with Gasteiger partial charge in [-0.3, -0.25) is 9.59 Å². The topological polar surface area (TPSA) is 71.0 Å². The molecule has 28 heavy (non-hydrogen) atoms. The van der Waals surface area contributed by atoms with E-state index in [1.165, 1.54) is 0 Å². The van der Waals surface area contributed by atoms with Crippen LogP contribution < -0.4 is 5.32 Å². The summed E-state index contributed by atoms with van der Waals surface area (Å²) in [6, 6.07) is 16.7. The second-order valence-electron chi connectivity index (χ2n) is 6.76. The Hall–Kier alpha value is -3.15. The van der Waals surface area contributed by atoms with Gasteiger partial charge in [-0.15, -0.1) is 0 Å². The molecule has 0 bridgehead atoms. The van der Waals surface area contributed by atoms with Crippen molar-refractivity contribution in [1.29, 1.82) is 0 Å². The summed E-state index contributed by atoms with van der Waals surface area (Å²) in [5, 5.41) is 6.75. The number of anilines is 1. The lowest BCUT2D eigenvalue weighted by molar-refractivity contribution is -0.120. The highest BCUT2D eigenvalue weighted by atomic mass is 16.6. The van der Waals surface area contributed by atoms with Gasteiger partial charge >= 0.3 is 0 Å². The fourth-order valence-corrected chi connectivity index (χ4v) is 3.15. The van der Waals surface area contributed by atoms with Crippen LogP contribution in [0.15, 0.2) is 59.8 Å². The zero-order chi connectivity index (χ0) is 19.8. The van der Waals surface area contributed by atoms with E-state index in [-0.39, 0.29) is 18.4 Å². The molecule has 0 aromatic heterocycles. The zero-order valence-electron chi connectivity index (χ0n) is 16.1. The van der Waals surface area contributed by atoms with Crippen LogP contribution in [0.25, 0.3) is 0 Å². The van der Waals surface area contributed by atoms with Crippen molar-refractivity contribution < 1.29 is 14.4 Å². The van der Waals surface area contributed by atoms with Crippen LogP contribution in [0.2, 0.25) is 0 Å². The van der Waals surface area contributed by atoms with Crippen molar-refractivity contribution in [1.82, 2.24) is 4.90 Å². The molecule has 2 amide bonds. The molecule has 1 fully saturated rings. The summed E-state index contributed by atoms with van der Waals surface area (Å²) in [6.45, 7) is 3.12. The third-order valence-electron chi connectivity index (χ3n) is 4.66. The fraction of sp³-hybridized carbons (Fsp3) is 0.318. The first-order valence-corrected chi connectivity index (χ1v) is 9.55. The predicted molar refractivity (Wildman–Crippen MR) is 109 cm³/mol. The number of nitrogens with one attached hydrogen (secondary N) is 1. The molecule has 0 spiro atoms. The maximum absolute atomic E-state index is 12.8. The van der Waals surface area contributed by atoms with Crippen molar-refractivity contribution in [3.63, 3.8) is 0 Å². The Morgan fingerprint density at radius 3 is 2.43 bits per heavy atom. The molecule has 146 valence electrons. The molecule has 0 radical (unpaired) electrons. The van der Waals surface area contributed by atoms with Crippen molar-refractivity contribution in [2.45, 2.75) is 26.2 Å². The summed E-state index contributed by atoms with van der Waals surface area (Å²) < 4.78 is 0. The minimum absolute atomic E-state index is 0.0468. The number of oxime groups is 1. The molecular formula is C22H25N3O3. The molecule has 1 heterocycles. The van der Waals surface area contributed by atoms with Gasteiger partial charge in [-0.2, -0.15) is 0 Å². The van der Waals surface area contributed by atoms with Crippen LogP contribution >= 0.6 is 0 Å². The first kappa shape index (κ1) is 19.6. The quantitative estimate of drug-likeness (QED) is 0.615. The Kier molecular flexibility index (Phi) is 6.78. The smallest absolute Gasteiger partial charge is 0.265 e. The van der Waals surface area contributed by atoms with Crippen molar-refractivity contribution >= 4 is 23.2 Å². The molecule has 1 aliphatic heterocycles. The monoisotopic (exact) mass is 379 g/mol. The Labute approximate surface area is 165 Å². The van der Waals surface area contributed by atoms with Gasteiger partial charge in [-0.05, 0) is 43.9 Å². The van der Waals surface area contributed by atoms with Gasteiger partial charge in [0.1, 0.15) is 0 Å². The van der Waals surface area contributed by atoms with Crippen LogP contribution in [0.5, 0.6) is 0 Å². The van der Waals surface area contributed by atoms with Gasteiger partial charge in [0.15, 0.2) is 6.61 Å². The number of piperidine rings is 1. The summed E-state index contributed by atoms with van der Waals surface area (Å²) in [4.78, 5) is 32.1. The number of hydrogen-bond acceptors (Lipinski definition) is 4. The van der Waals surface area contributed by atoms with Gasteiger partial charge in [-0.1, -0.05) is 47.6 Å². The van der Waals surface area contributed by atoms with Crippen LogP contribution in [-0.4, -0.2) is 42.1 Å². The van der Waals surface area contributed by atoms with Gasteiger partial charge in [-0.25, -0.2) is 0 Å². The number of likely N-dealkylation sites (tertiary alicyclic amines) is 1. The van der Waals surface area contributed by atoms with E-state index < -0.39 is 0 Å². The van der Waals surface area contributed by atoms with Crippen LogP contribution in [0.3, 0.4) is 0 Å². The second kappa shape index (κ2) is 9.69. The summed E-state index contributed by atoms with van der Waals surface area (Å²) in [7, 11) is 0. The van der Waals surface area contributed by atoms with E-state index in [1.807, 2.05) is 42.2 Å². The standard InChI is InChI=1S/C22H25N3O3/c1-17(18-10-4-2-5-11-18)24-28-16-21(26)23-20-13-7-6-12-19(20)22(27)25-14-8-3-9-15-25/h2,4-7,10-13H,3,8-9,14-16H2,1H3,(H,23,26)/b24-17+. The predicted octanol–water partition coefficient (Wildman–Crippen LogP) is 3.69. The Morgan fingerprint density at radius 1 is 1.00 bits per heavy atom. The van der Waals surface area contributed by atoms with Gasteiger partial charge in [0, 0.05) is 13.1 Å². The summed E-state index contributed by atoms with van der Waals surface area (Å²) in [6.07, 6.45) is 3.20. The molecule has 0 aliphatic carbocycles. The van der Waals surface area contributed by atoms with Gasteiger partial charge in [0.25, 0.3) is 11.8 Å². The number of nitrogens with zero attached hydrogens (tertiary/aromatic N) is 2. The molecular weight excluding hydrogens is 354 g/mol. The van der Waals surface area contributed by atoms with Gasteiger partial charge < -0.3 is 15.1 Å². The average Bonchev–Trinajstić information content (AvgIpc) is 2.75. The minimum Gasteiger partial charge on any atom is -0.385 e. The molecule has 6 nitrogen and oxygen atoms in total. The van der Waals surface area contributed by atoms with Crippen LogP contribution in [0.1, 0.15) is 42.1 Å². The zero-order valence-corrected chi connectivity index (χ0v) is 16.1. The molecule has 0 unspecified atom stereocenters. The first-order chi connectivity index (χ1) is 13.6. The highest BCUT2D eigenvalue weighted by Gasteiger charge is 2.21. The average molecular weight is 379 g/mol. The fourth-order valence-electron chi connectivity index (χ4n) is 3.15. The van der Waals surface area contributed by atoms with E-state index in [2.05, 4.69) is 10.5 Å². The molecule has 2 aromatic carbocycles. The SMILES string of the molecule is C/C(=N\OCC(=O)Nc1ccccc1C(=O)N1CCCCC1)c1ccccc1. The van der Waals surface area contributed by atoms with E-state index in [0.29, 0.717) is 17.0 Å². The van der Waals surface area contributed by atoms with E-state index in [1.54, 1.807) is 24.3 Å². The van der Waals surface area contributed by atoms with Crippen LogP contribution in [-0.2, 0) is 9.63 Å². The van der Waals surface area contributed by atoms with Crippen molar-refractivity contribution in [2.24, 2.45) is 5.16 Å². The number of rotatable bonds is 6. The third kappa shape index (κ3) is 5.19. The lowest BCUT2D eigenvalue weighted by Crippen LogP contribution is -2.36. The largest absolute Gasteiger partial charge is 0.385 e.